The molecule has 0 radical (unpaired) electrons. The molecule has 7 nitrogen and oxygen atoms in total. The van der Waals surface area contributed by atoms with Gasteiger partial charge in [-0.1, -0.05) is 11.6 Å². The summed E-state index contributed by atoms with van der Waals surface area (Å²) >= 11 is 5.94. The van der Waals surface area contributed by atoms with E-state index in [0.717, 1.165) is 0 Å². The molecule has 1 aromatic carbocycles. The largest absolute Gasteiger partial charge is 0.442 e. The first-order chi connectivity index (χ1) is 9.89. The monoisotopic (exact) mass is 348 g/mol. The molecule has 9 heteroatoms. The van der Waals surface area contributed by atoms with Crippen molar-refractivity contribution in [3.63, 3.8) is 0 Å². The lowest BCUT2D eigenvalue weighted by Gasteiger charge is -2.17. The summed E-state index contributed by atoms with van der Waals surface area (Å²) in [5.74, 6) is -0.188. The van der Waals surface area contributed by atoms with Crippen LogP contribution in [0.5, 0.6) is 0 Å². The summed E-state index contributed by atoms with van der Waals surface area (Å²) in [5, 5.41) is 11.0. The van der Waals surface area contributed by atoms with E-state index in [1.807, 2.05) is 0 Å². The van der Waals surface area contributed by atoms with Crippen LogP contribution in [0.4, 0.5) is 10.5 Å². The summed E-state index contributed by atoms with van der Waals surface area (Å²) in [7, 11) is -2.98. The van der Waals surface area contributed by atoms with Gasteiger partial charge < -0.3 is 4.74 Å². The van der Waals surface area contributed by atoms with E-state index in [1.165, 1.54) is 24.5 Å². The third kappa shape index (κ3) is 5.98. The van der Waals surface area contributed by atoms with Crippen molar-refractivity contribution in [2.75, 3.05) is 6.26 Å². The fraction of sp³-hybridized carbons (Fsp3) is 0.462. The van der Waals surface area contributed by atoms with Crippen LogP contribution >= 0.6 is 11.6 Å². The molecule has 1 amide bonds. The number of hydrogen-bond donors (Lipinski definition) is 0. The Labute approximate surface area is 133 Å². The number of ether oxygens (including phenoxy) is 1. The summed E-state index contributed by atoms with van der Waals surface area (Å²) in [4.78, 5) is 21.8. The highest BCUT2D eigenvalue weighted by Crippen LogP contribution is 2.24. The van der Waals surface area contributed by atoms with E-state index in [-0.39, 0.29) is 22.0 Å². The van der Waals surface area contributed by atoms with E-state index in [0.29, 0.717) is 0 Å². The number of nitro groups is 1. The fourth-order valence-corrected chi connectivity index (χ4v) is 3.04. The van der Waals surface area contributed by atoms with Crippen LogP contribution in [0.25, 0.3) is 0 Å². The summed E-state index contributed by atoms with van der Waals surface area (Å²) in [6, 6.07) is 3.81. The highest BCUT2D eigenvalue weighted by Gasteiger charge is 2.19. The van der Waals surface area contributed by atoms with E-state index < -0.39 is 26.3 Å². The number of carbonyl (C=O) groups excluding carboxylic acids is 1. The number of nitrogens with zero attached hydrogens (tertiary/aromatic N) is 2. The second kappa shape index (κ2) is 6.62. The van der Waals surface area contributed by atoms with E-state index >= 15 is 0 Å². The molecule has 0 saturated carbocycles. The molecule has 1 aromatic rings. The van der Waals surface area contributed by atoms with Crippen molar-refractivity contribution in [3.05, 3.63) is 38.9 Å². The molecule has 0 N–H and O–H groups in total. The maximum absolute atomic E-state index is 12.4. The minimum absolute atomic E-state index is 0.174. The summed E-state index contributed by atoms with van der Waals surface area (Å²) in [6.45, 7) is 4.99. The lowest BCUT2D eigenvalue weighted by atomic mass is 10.2. The third-order valence-corrected chi connectivity index (χ3v) is 4.08. The SMILES string of the molecule is CC(C)(C)OC(=O)N=S(C)(=O)Cc1cc([N+](=O)[O-])ccc1Cl. The average Bonchev–Trinajstić information content (AvgIpc) is 2.27. The average molecular weight is 349 g/mol. The Hall–Kier alpha value is -1.67. The number of rotatable bonds is 3. The van der Waals surface area contributed by atoms with E-state index in [1.54, 1.807) is 20.8 Å². The topological polar surface area (TPSA) is 98.9 Å². The number of nitro benzene ring substituents is 1. The predicted octanol–water partition coefficient (Wildman–Crippen LogP) is 3.78. The van der Waals surface area contributed by atoms with Gasteiger partial charge in [-0.2, -0.15) is 0 Å². The minimum Gasteiger partial charge on any atom is -0.442 e. The Balaban J connectivity index is 3.07. The van der Waals surface area contributed by atoms with Crippen LogP contribution in [0.2, 0.25) is 5.02 Å². The van der Waals surface area contributed by atoms with Gasteiger partial charge in [0, 0.05) is 23.4 Å². The van der Waals surface area contributed by atoms with Gasteiger partial charge in [0.05, 0.1) is 20.4 Å². The maximum atomic E-state index is 12.4. The minimum atomic E-state index is -2.98. The van der Waals surface area contributed by atoms with Crippen molar-refractivity contribution in [2.45, 2.75) is 32.1 Å². The quantitative estimate of drug-likeness (QED) is 0.611. The molecule has 122 valence electrons. The zero-order chi connectivity index (χ0) is 17.1. The van der Waals surface area contributed by atoms with Crippen molar-refractivity contribution in [1.29, 1.82) is 0 Å². The molecule has 0 fully saturated rings. The zero-order valence-corrected chi connectivity index (χ0v) is 14.2. The first-order valence-corrected chi connectivity index (χ1v) is 8.72. The van der Waals surface area contributed by atoms with Gasteiger partial charge in [-0.3, -0.25) is 10.1 Å². The van der Waals surface area contributed by atoms with E-state index in [2.05, 4.69) is 4.36 Å². The number of carbonyl (C=O) groups is 1. The second-order valence-corrected chi connectivity index (χ2v) is 8.51. The van der Waals surface area contributed by atoms with E-state index in [9.17, 15) is 19.1 Å². The van der Waals surface area contributed by atoms with Gasteiger partial charge >= 0.3 is 6.09 Å². The maximum Gasteiger partial charge on any atom is 0.442 e. The van der Waals surface area contributed by atoms with Gasteiger partial charge in [0.1, 0.15) is 5.60 Å². The van der Waals surface area contributed by atoms with Crippen LogP contribution in [-0.4, -0.2) is 27.1 Å². The number of amides is 1. The molecule has 0 aromatic heterocycles. The number of hydrogen-bond acceptors (Lipinski definition) is 5. The Morgan fingerprint density at radius 1 is 1.45 bits per heavy atom. The lowest BCUT2D eigenvalue weighted by molar-refractivity contribution is -0.384. The van der Waals surface area contributed by atoms with Gasteiger partial charge in [-0.25, -0.2) is 9.00 Å². The first kappa shape index (κ1) is 18.4. The van der Waals surface area contributed by atoms with Crippen LogP contribution in [0, 0.1) is 10.1 Å². The van der Waals surface area contributed by atoms with Crippen molar-refractivity contribution in [3.8, 4) is 0 Å². The van der Waals surface area contributed by atoms with Gasteiger partial charge in [-0.05, 0) is 32.4 Å². The Bertz CT molecular complexity index is 718. The van der Waals surface area contributed by atoms with Crippen molar-refractivity contribution >= 4 is 33.1 Å². The summed E-state index contributed by atoms with van der Waals surface area (Å²) in [5.41, 5.74) is -0.637. The van der Waals surface area contributed by atoms with Crippen molar-refractivity contribution < 1.29 is 18.7 Å². The highest BCUT2D eigenvalue weighted by atomic mass is 35.5. The summed E-state index contributed by atoms with van der Waals surface area (Å²) < 4.78 is 20.9. The molecule has 0 aliphatic heterocycles. The van der Waals surface area contributed by atoms with Crippen molar-refractivity contribution in [2.24, 2.45) is 4.36 Å². The lowest BCUT2D eigenvalue weighted by Crippen LogP contribution is -2.22. The Kier molecular flexibility index (Phi) is 5.53. The van der Waals surface area contributed by atoms with Crippen LogP contribution in [0.15, 0.2) is 22.6 Å². The van der Waals surface area contributed by atoms with E-state index in [4.69, 9.17) is 16.3 Å². The van der Waals surface area contributed by atoms with Crippen LogP contribution < -0.4 is 0 Å². The standard InChI is InChI=1S/C13H17ClN2O5S/c1-13(2,3)21-12(17)15-22(4,20)8-9-7-10(16(18)19)5-6-11(9)14/h5-7H,8H2,1-4H3. The smallest absolute Gasteiger partial charge is 0.442 e. The molecule has 1 rings (SSSR count). The predicted molar refractivity (Wildman–Crippen MR) is 84.5 cm³/mol. The molecule has 1 atom stereocenters. The third-order valence-electron chi connectivity index (χ3n) is 2.32. The van der Waals surface area contributed by atoms with Crippen molar-refractivity contribution in [1.82, 2.24) is 0 Å². The molecular weight excluding hydrogens is 332 g/mol. The van der Waals surface area contributed by atoms with Gasteiger partial charge in [0.2, 0.25) is 0 Å². The molecule has 22 heavy (non-hydrogen) atoms. The molecule has 0 spiro atoms. The normalized spacial score (nSPS) is 14.0. The molecule has 0 bridgehead atoms. The van der Waals surface area contributed by atoms with Gasteiger partial charge in [-0.15, -0.1) is 4.36 Å². The van der Waals surface area contributed by atoms with Gasteiger partial charge in [0.15, 0.2) is 0 Å². The Morgan fingerprint density at radius 2 is 2.05 bits per heavy atom. The Morgan fingerprint density at radius 3 is 2.55 bits per heavy atom. The molecule has 0 aliphatic carbocycles. The first-order valence-electron chi connectivity index (χ1n) is 6.25. The molecule has 0 heterocycles. The summed E-state index contributed by atoms with van der Waals surface area (Å²) in [6.07, 6.45) is 0.327. The van der Waals surface area contributed by atoms with Crippen LogP contribution in [0.1, 0.15) is 26.3 Å². The second-order valence-electron chi connectivity index (χ2n) is 5.71. The molecule has 0 aliphatic rings. The molecule has 1 unspecified atom stereocenters. The van der Waals surface area contributed by atoms with Gasteiger partial charge in [0.25, 0.3) is 5.69 Å². The number of non-ortho nitro benzene ring substituents is 1. The number of benzene rings is 1. The zero-order valence-electron chi connectivity index (χ0n) is 12.7. The number of halogens is 1. The highest BCUT2D eigenvalue weighted by molar-refractivity contribution is 7.92. The fourth-order valence-electron chi connectivity index (χ4n) is 1.54. The van der Waals surface area contributed by atoms with Crippen LogP contribution in [-0.2, 0) is 20.2 Å². The molecule has 0 saturated heterocycles. The molecular formula is C13H17ClN2O5S. The van der Waals surface area contributed by atoms with Crippen LogP contribution in [0.3, 0.4) is 0 Å².